The molecule has 0 unspecified atom stereocenters. The van der Waals surface area contributed by atoms with Crippen LogP contribution in [0, 0.1) is 0 Å². The van der Waals surface area contributed by atoms with E-state index in [1.807, 2.05) is 0 Å². The number of thioether (sulfide) groups is 1. The van der Waals surface area contributed by atoms with E-state index in [1.165, 1.54) is 6.26 Å². The Bertz CT molecular complexity index is 445. The number of hydrogen-bond donors (Lipinski definition) is 0. The zero-order valence-electron chi connectivity index (χ0n) is 9.52. The summed E-state index contributed by atoms with van der Waals surface area (Å²) in [5.41, 5.74) is -3.55. The minimum absolute atomic E-state index is 0.00410. The molecular formula is C11H8F6OS. The van der Waals surface area contributed by atoms with Crippen LogP contribution in [0.3, 0.4) is 0 Å². The van der Waals surface area contributed by atoms with E-state index in [0.717, 1.165) is 11.8 Å². The average Bonchev–Trinajstić information content (AvgIpc) is 2.26. The van der Waals surface area contributed by atoms with Crippen LogP contribution in [0.15, 0.2) is 18.2 Å². The van der Waals surface area contributed by atoms with Gasteiger partial charge in [-0.1, -0.05) is 0 Å². The molecule has 0 spiro atoms. The van der Waals surface area contributed by atoms with Crippen molar-refractivity contribution in [1.29, 1.82) is 0 Å². The Labute approximate surface area is 109 Å². The lowest BCUT2D eigenvalue weighted by Gasteiger charge is -2.13. The fraction of sp³-hybridized carbons (Fsp3) is 0.364. The van der Waals surface area contributed by atoms with E-state index in [1.54, 1.807) is 0 Å². The Morgan fingerprint density at radius 1 is 1.00 bits per heavy atom. The summed E-state index contributed by atoms with van der Waals surface area (Å²) in [6.07, 6.45) is -8.35. The topological polar surface area (TPSA) is 17.1 Å². The van der Waals surface area contributed by atoms with Crippen LogP contribution in [0.4, 0.5) is 26.3 Å². The predicted molar refractivity (Wildman–Crippen MR) is 59.2 cm³/mol. The number of benzene rings is 1. The molecule has 0 radical (unpaired) electrons. The summed E-state index contributed by atoms with van der Waals surface area (Å²) in [6, 6.07) is 0.872. The molecule has 0 aliphatic carbocycles. The van der Waals surface area contributed by atoms with Gasteiger partial charge >= 0.3 is 12.4 Å². The second-order valence-corrected chi connectivity index (χ2v) is 4.52. The summed E-state index contributed by atoms with van der Waals surface area (Å²) in [6.45, 7) is 0. The molecule has 0 bridgehead atoms. The monoisotopic (exact) mass is 302 g/mol. The molecule has 0 aromatic heterocycles. The van der Waals surface area contributed by atoms with Gasteiger partial charge in [0.15, 0.2) is 5.78 Å². The van der Waals surface area contributed by atoms with Crippen molar-refractivity contribution >= 4 is 17.5 Å². The molecule has 0 amide bonds. The number of rotatable bonds is 3. The normalized spacial score (nSPS) is 12.6. The van der Waals surface area contributed by atoms with E-state index in [4.69, 9.17) is 0 Å². The van der Waals surface area contributed by atoms with Gasteiger partial charge in [-0.05, 0) is 24.5 Å². The Morgan fingerprint density at radius 3 is 1.74 bits per heavy atom. The highest BCUT2D eigenvalue weighted by Crippen LogP contribution is 2.36. The van der Waals surface area contributed by atoms with E-state index in [-0.39, 0.29) is 11.8 Å². The van der Waals surface area contributed by atoms with Crippen LogP contribution >= 0.6 is 11.8 Å². The van der Waals surface area contributed by atoms with Crippen molar-refractivity contribution in [2.45, 2.75) is 12.4 Å². The smallest absolute Gasteiger partial charge is 0.293 e. The zero-order chi connectivity index (χ0) is 14.8. The average molecular weight is 302 g/mol. The van der Waals surface area contributed by atoms with E-state index < -0.39 is 34.8 Å². The molecule has 1 aromatic rings. The first-order valence-electron chi connectivity index (χ1n) is 4.87. The lowest BCUT2D eigenvalue weighted by atomic mass is 10.0. The van der Waals surface area contributed by atoms with E-state index in [9.17, 15) is 31.1 Å². The third-order valence-electron chi connectivity index (χ3n) is 2.19. The number of alkyl halides is 6. The number of ketones is 1. The quantitative estimate of drug-likeness (QED) is 0.612. The lowest BCUT2D eigenvalue weighted by Crippen LogP contribution is -2.14. The third kappa shape index (κ3) is 4.15. The second-order valence-electron chi connectivity index (χ2n) is 3.65. The molecule has 0 aliphatic rings. The maximum atomic E-state index is 12.5. The summed E-state index contributed by atoms with van der Waals surface area (Å²) in [4.78, 5) is 11.4. The molecule has 0 heterocycles. The fourth-order valence-electron chi connectivity index (χ4n) is 1.33. The van der Waals surface area contributed by atoms with Crippen molar-refractivity contribution < 1.29 is 31.1 Å². The molecule has 0 saturated heterocycles. The molecule has 1 aromatic carbocycles. The van der Waals surface area contributed by atoms with Crippen LogP contribution in [0.2, 0.25) is 0 Å². The highest BCUT2D eigenvalue weighted by Gasteiger charge is 2.37. The van der Waals surface area contributed by atoms with Gasteiger partial charge in [0.2, 0.25) is 0 Å². The van der Waals surface area contributed by atoms with Crippen molar-refractivity contribution in [1.82, 2.24) is 0 Å². The predicted octanol–water partition coefficient (Wildman–Crippen LogP) is 4.27. The lowest BCUT2D eigenvalue weighted by molar-refractivity contribution is -0.143. The van der Waals surface area contributed by atoms with Gasteiger partial charge in [0.05, 0.1) is 16.9 Å². The van der Waals surface area contributed by atoms with Crippen LogP contribution in [-0.4, -0.2) is 17.8 Å². The summed E-state index contributed by atoms with van der Waals surface area (Å²) in [5.74, 6) is -0.956. The minimum atomic E-state index is -4.93. The minimum Gasteiger partial charge on any atom is -0.293 e. The third-order valence-corrected chi connectivity index (χ3v) is 2.74. The van der Waals surface area contributed by atoms with Crippen molar-refractivity contribution in [3.8, 4) is 0 Å². The van der Waals surface area contributed by atoms with Crippen LogP contribution in [-0.2, 0) is 12.4 Å². The van der Waals surface area contributed by atoms with Crippen molar-refractivity contribution in [2.24, 2.45) is 0 Å². The number of halogens is 6. The van der Waals surface area contributed by atoms with Crippen LogP contribution < -0.4 is 0 Å². The molecular weight excluding hydrogens is 294 g/mol. The van der Waals surface area contributed by atoms with Gasteiger partial charge < -0.3 is 0 Å². The maximum Gasteiger partial charge on any atom is 0.416 e. The van der Waals surface area contributed by atoms with Gasteiger partial charge in [-0.2, -0.15) is 38.1 Å². The molecule has 19 heavy (non-hydrogen) atoms. The summed E-state index contributed by atoms with van der Waals surface area (Å²) in [5, 5.41) is 0. The molecule has 106 valence electrons. The summed E-state index contributed by atoms with van der Waals surface area (Å²) in [7, 11) is 0. The van der Waals surface area contributed by atoms with Crippen molar-refractivity contribution in [2.75, 3.05) is 12.0 Å². The Kier molecular flexibility index (Phi) is 4.54. The Hall–Kier alpha value is -1.18. The highest BCUT2D eigenvalue weighted by molar-refractivity contribution is 7.99. The number of Topliss-reactive ketones (excluding diaryl/α,β-unsaturated/α-hetero) is 1. The zero-order valence-corrected chi connectivity index (χ0v) is 10.3. The fourth-order valence-corrected chi connectivity index (χ4v) is 1.76. The first kappa shape index (κ1) is 15.9. The van der Waals surface area contributed by atoms with Gasteiger partial charge in [0.1, 0.15) is 0 Å². The van der Waals surface area contributed by atoms with E-state index in [0.29, 0.717) is 12.1 Å². The first-order chi connectivity index (χ1) is 8.55. The number of carbonyl (C=O) groups is 1. The number of carbonyl (C=O) groups excluding carboxylic acids is 1. The molecule has 0 aliphatic heterocycles. The maximum absolute atomic E-state index is 12.5. The van der Waals surface area contributed by atoms with Crippen LogP contribution in [0.5, 0.6) is 0 Å². The largest absolute Gasteiger partial charge is 0.416 e. The number of hydrogen-bond acceptors (Lipinski definition) is 2. The molecule has 1 rings (SSSR count). The highest BCUT2D eigenvalue weighted by atomic mass is 32.2. The van der Waals surface area contributed by atoms with Gasteiger partial charge in [-0.25, -0.2) is 0 Å². The molecule has 8 heteroatoms. The van der Waals surface area contributed by atoms with Crippen LogP contribution in [0.1, 0.15) is 21.5 Å². The molecule has 0 fully saturated rings. The Morgan fingerprint density at radius 2 is 1.42 bits per heavy atom. The van der Waals surface area contributed by atoms with Crippen LogP contribution in [0.25, 0.3) is 0 Å². The van der Waals surface area contributed by atoms with E-state index in [2.05, 4.69) is 0 Å². The summed E-state index contributed by atoms with van der Waals surface area (Å²) < 4.78 is 75.0. The van der Waals surface area contributed by atoms with Gasteiger partial charge in [-0.3, -0.25) is 4.79 Å². The van der Waals surface area contributed by atoms with Gasteiger partial charge in [0, 0.05) is 5.56 Å². The standard InChI is InChI=1S/C11H8F6OS/c1-19-5-9(18)6-2-7(10(12,13)14)4-8(3-6)11(15,16)17/h2-4H,5H2,1H3. The second kappa shape index (κ2) is 5.44. The Balaban J connectivity index is 3.37. The van der Waals surface area contributed by atoms with Gasteiger partial charge in [-0.15, -0.1) is 0 Å². The molecule has 0 N–H and O–H groups in total. The van der Waals surface area contributed by atoms with E-state index >= 15 is 0 Å². The molecule has 0 atom stereocenters. The van der Waals surface area contributed by atoms with Gasteiger partial charge in [0.25, 0.3) is 0 Å². The molecule has 0 saturated carbocycles. The SMILES string of the molecule is CSCC(=O)c1cc(C(F)(F)F)cc(C(F)(F)F)c1. The first-order valence-corrected chi connectivity index (χ1v) is 6.26. The summed E-state index contributed by atoms with van der Waals surface area (Å²) >= 11 is 1.02. The van der Waals surface area contributed by atoms with Crippen molar-refractivity contribution in [3.05, 3.63) is 34.9 Å². The molecule has 1 nitrogen and oxygen atoms in total. The van der Waals surface area contributed by atoms with Crippen molar-refractivity contribution in [3.63, 3.8) is 0 Å².